The van der Waals surface area contributed by atoms with Crippen LogP contribution in [0.25, 0.3) is 10.2 Å². The summed E-state index contributed by atoms with van der Waals surface area (Å²) in [5.74, 6) is 1.27. The van der Waals surface area contributed by atoms with Gasteiger partial charge < -0.3 is 14.2 Å². The molecule has 35 heavy (non-hydrogen) atoms. The minimum Gasteiger partial charge on any atom is -0.493 e. The molecule has 0 aliphatic carbocycles. The lowest BCUT2D eigenvalue weighted by molar-refractivity contribution is 0.323. The molecule has 0 atom stereocenters. The molecule has 3 aromatic carbocycles. The summed E-state index contributed by atoms with van der Waals surface area (Å²) in [6.45, 7) is 0.367. The number of nitrogens with one attached hydrogen (secondary N) is 1. The van der Waals surface area contributed by atoms with Crippen molar-refractivity contribution in [3.63, 3.8) is 0 Å². The van der Waals surface area contributed by atoms with Crippen molar-refractivity contribution in [1.29, 1.82) is 0 Å². The molecule has 0 unspecified atom stereocenters. The van der Waals surface area contributed by atoms with Crippen LogP contribution in [0.3, 0.4) is 0 Å². The van der Waals surface area contributed by atoms with Crippen molar-refractivity contribution < 1.29 is 22.6 Å². The predicted octanol–water partition coefficient (Wildman–Crippen LogP) is 4.27. The molecule has 0 saturated carbocycles. The maximum absolute atomic E-state index is 13.0. The molecule has 184 valence electrons. The van der Waals surface area contributed by atoms with Crippen molar-refractivity contribution in [2.45, 2.75) is 18.0 Å². The van der Waals surface area contributed by atoms with E-state index in [0.717, 1.165) is 16.9 Å². The zero-order chi connectivity index (χ0) is 25.2. The molecule has 0 aliphatic rings. The Morgan fingerprint density at radius 3 is 2.17 bits per heavy atom. The Kier molecular flexibility index (Phi) is 7.36. The highest BCUT2D eigenvalue weighted by Gasteiger charge is 2.19. The van der Waals surface area contributed by atoms with Gasteiger partial charge in [-0.25, -0.2) is 13.1 Å². The molecule has 1 heterocycles. The summed E-state index contributed by atoms with van der Waals surface area (Å²) in [6, 6.07) is 15.2. The summed E-state index contributed by atoms with van der Waals surface area (Å²) < 4.78 is 46.8. The fourth-order valence-electron chi connectivity index (χ4n) is 3.64. The summed E-state index contributed by atoms with van der Waals surface area (Å²) in [6.07, 6.45) is 0. The Bertz CT molecular complexity index is 1500. The average Bonchev–Trinajstić information content (AvgIpc) is 3.17. The first-order chi connectivity index (χ1) is 16.7. The zero-order valence-corrected chi connectivity index (χ0v) is 21.6. The van der Waals surface area contributed by atoms with Gasteiger partial charge in [0.1, 0.15) is 0 Å². The van der Waals surface area contributed by atoms with Crippen LogP contribution in [0.1, 0.15) is 11.1 Å². The summed E-state index contributed by atoms with van der Waals surface area (Å²) in [5.41, 5.74) is 2.21. The normalized spacial score (nSPS) is 11.5. The topological polar surface area (TPSA) is 95.9 Å². The first-order valence-electron chi connectivity index (χ1n) is 10.4. The second-order valence-corrected chi connectivity index (χ2v) is 10.8. The van der Waals surface area contributed by atoms with Crippen LogP contribution in [0.5, 0.6) is 17.2 Å². The van der Waals surface area contributed by atoms with Crippen LogP contribution >= 0.6 is 22.9 Å². The second-order valence-electron chi connectivity index (χ2n) is 7.57. The smallest absolute Gasteiger partial charge is 0.308 e. The van der Waals surface area contributed by atoms with E-state index in [1.807, 2.05) is 12.1 Å². The maximum atomic E-state index is 13.0. The lowest BCUT2D eigenvalue weighted by atomic mass is 10.2. The van der Waals surface area contributed by atoms with Crippen molar-refractivity contribution >= 4 is 43.2 Å². The van der Waals surface area contributed by atoms with E-state index in [4.69, 9.17) is 25.8 Å². The van der Waals surface area contributed by atoms with Gasteiger partial charge in [-0.05, 0) is 53.6 Å². The summed E-state index contributed by atoms with van der Waals surface area (Å²) in [5, 5.41) is 0.616. The number of aromatic nitrogens is 1. The van der Waals surface area contributed by atoms with E-state index >= 15 is 0 Å². The van der Waals surface area contributed by atoms with E-state index in [-0.39, 0.29) is 16.3 Å². The van der Waals surface area contributed by atoms with Gasteiger partial charge in [0.25, 0.3) is 0 Å². The van der Waals surface area contributed by atoms with Gasteiger partial charge in [0.05, 0.1) is 43.0 Å². The van der Waals surface area contributed by atoms with E-state index in [9.17, 15) is 13.2 Å². The van der Waals surface area contributed by atoms with E-state index in [1.54, 1.807) is 34.9 Å². The summed E-state index contributed by atoms with van der Waals surface area (Å²) in [4.78, 5) is 12.5. The number of benzene rings is 3. The standard InChI is InChI=1S/C24H23ClN2O6S2/c1-31-20-10-16(11-21(32-2)23(20)33-3)13-26-35(29,30)18-8-9-19-22(12-18)34-24(28)27(19)14-15-4-6-17(25)7-5-15/h4-12,26H,13-14H2,1-3H3. The molecule has 4 rings (SSSR count). The van der Waals surface area contributed by atoms with Crippen molar-refractivity contribution in [2.24, 2.45) is 0 Å². The molecule has 4 aromatic rings. The van der Waals surface area contributed by atoms with E-state index in [2.05, 4.69) is 4.72 Å². The molecule has 0 bridgehead atoms. The van der Waals surface area contributed by atoms with Crippen LogP contribution in [0.4, 0.5) is 0 Å². The largest absolute Gasteiger partial charge is 0.493 e. The Hall–Kier alpha value is -3.05. The fourth-order valence-corrected chi connectivity index (χ4v) is 5.81. The molecule has 0 saturated heterocycles. The fraction of sp³-hybridized carbons (Fsp3) is 0.208. The number of rotatable bonds is 9. The third-order valence-electron chi connectivity index (χ3n) is 5.39. The summed E-state index contributed by atoms with van der Waals surface area (Å²) in [7, 11) is 0.624. The Balaban J connectivity index is 1.58. The van der Waals surface area contributed by atoms with E-state index < -0.39 is 10.0 Å². The van der Waals surface area contributed by atoms with Crippen LogP contribution in [0, 0.1) is 0 Å². The first-order valence-corrected chi connectivity index (χ1v) is 13.1. The van der Waals surface area contributed by atoms with Gasteiger partial charge in [0.2, 0.25) is 15.8 Å². The van der Waals surface area contributed by atoms with Crippen molar-refractivity contribution in [2.75, 3.05) is 21.3 Å². The molecule has 0 amide bonds. The molecule has 1 N–H and O–H groups in total. The molecule has 0 spiro atoms. The molecule has 8 nitrogen and oxygen atoms in total. The maximum Gasteiger partial charge on any atom is 0.308 e. The number of ether oxygens (including phenoxy) is 3. The first kappa shape index (κ1) is 25.1. The highest BCUT2D eigenvalue weighted by molar-refractivity contribution is 7.89. The molecule has 0 fully saturated rings. The highest BCUT2D eigenvalue weighted by Crippen LogP contribution is 2.38. The van der Waals surface area contributed by atoms with Crippen LogP contribution < -0.4 is 23.8 Å². The number of hydrogen-bond acceptors (Lipinski definition) is 7. The highest BCUT2D eigenvalue weighted by atomic mass is 35.5. The second kappa shape index (κ2) is 10.3. The molecule has 1 aromatic heterocycles. The van der Waals surface area contributed by atoms with Crippen LogP contribution in [0.15, 0.2) is 64.3 Å². The SMILES string of the molecule is COc1cc(CNS(=O)(=O)c2ccc3c(c2)sc(=O)n3Cc2ccc(Cl)cc2)cc(OC)c1OC. The number of sulfonamides is 1. The van der Waals surface area contributed by atoms with Crippen LogP contribution in [0.2, 0.25) is 5.02 Å². The number of methoxy groups -OCH3 is 3. The third kappa shape index (κ3) is 5.30. The zero-order valence-electron chi connectivity index (χ0n) is 19.2. The average molecular weight is 535 g/mol. The van der Waals surface area contributed by atoms with Crippen molar-refractivity contribution in [3.05, 3.63) is 80.4 Å². The van der Waals surface area contributed by atoms with Gasteiger partial charge in [0, 0.05) is 11.6 Å². The van der Waals surface area contributed by atoms with Gasteiger partial charge in [-0.3, -0.25) is 9.36 Å². The molecule has 11 heteroatoms. The Morgan fingerprint density at radius 1 is 0.914 bits per heavy atom. The molecular formula is C24H23ClN2O6S2. The van der Waals surface area contributed by atoms with E-state index in [1.165, 1.54) is 33.5 Å². The van der Waals surface area contributed by atoms with Crippen molar-refractivity contribution in [3.8, 4) is 17.2 Å². The number of halogens is 1. The lowest BCUT2D eigenvalue weighted by Gasteiger charge is -2.14. The van der Waals surface area contributed by atoms with Crippen LogP contribution in [-0.4, -0.2) is 34.3 Å². The molecular weight excluding hydrogens is 512 g/mol. The monoisotopic (exact) mass is 534 g/mol. The Labute approximate surface area is 211 Å². The van der Waals surface area contributed by atoms with Crippen LogP contribution in [-0.2, 0) is 23.1 Å². The number of fused-ring (bicyclic) bond motifs is 1. The quantitative estimate of drug-likeness (QED) is 0.344. The minimum absolute atomic E-state index is 0.00486. The number of hydrogen-bond donors (Lipinski definition) is 1. The summed E-state index contributed by atoms with van der Waals surface area (Å²) >= 11 is 6.94. The van der Waals surface area contributed by atoms with Gasteiger partial charge >= 0.3 is 4.87 Å². The van der Waals surface area contributed by atoms with Crippen molar-refractivity contribution in [1.82, 2.24) is 9.29 Å². The lowest BCUT2D eigenvalue weighted by Crippen LogP contribution is -2.23. The van der Waals surface area contributed by atoms with Gasteiger partial charge in [-0.2, -0.15) is 0 Å². The number of nitrogens with zero attached hydrogens (tertiary/aromatic N) is 1. The van der Waals surface area contributed by atoms with Gasteiger partial charge in [-0.15, -0.1) is 0 Å². The van der Waals surface area contributed by atoms with Gasteiger partial charge in [0.15, 0.2) is 11.5 Å². The predicted molar refractivity (Wildman–Crippen MR) is 137 cm³/mol. The Morgan fingerprint density at radius 2 is 1.57 bits per heavy atom. The third-order valence-corrected chi connectivity index (χ3v) is 7.99. The molecule has 0 radical (unpaired) electrons. The molecule has 0 aliphatic heterocycles. The van der Waals surface area contributed by atoms with Gasteiger partial charge in [-0.1, -0.05) is 35.1 Å². The number of thiazole rings is 1. The van der Waals surface area contributed by atoms with E-state index in [0.29, 0.717) is 44.6 Å². The minimum atomic E-state index is -3.85.